The maximum absolute atomic E-state index is 5.83. The van der Waals surface area contributed by atoms with Gasteiger partial charge < -0.3 is 5.73 Å². The predicted molar refractivity (Wildman–Crippen MR) is 90.0 cm³/mol. The van der Waals surface area contributed by atoms with E-state index in [2.05, 4.69) is 73.3 Å². The minimum Gasteiger partial charge on any atom is -0.326 e. The van der Waals surface area contributed by atoms with Crippen molar-refractivity contribution in [3.05, 3.63) is 71.3 Å². The second-order valence-electron chi connectivity index (χ2n) is 5.77. The Labute approximate surface area is 128 Å². The van der Waals surface area contributed by atoms with E-state index in [1.807, 2.05) is 0 Å². The molecule has 2 aromatic rings. The zero-order valence-corrected chi connectivity index (χ0v) is 13.1. The lowest BCUT2D eigenvalue weighted by atomic mass is 10.0. The normalized spacial score (nSPS) is 11.3. The number of rotatable bonds is 7. The van der Waals surface area contributed by atoms with Crippen LogP contribution in [-0.4, -0.2) is 17.5 Å². The Morgan fingerprint density at radius 3 is 2.14 bits per heavy atom. The van der Waals surface area contributed by atoms with E-state index in [0.29, 0.717) is 12.6 Å². The molecule has 2 rings (SSSR count). The largest absolute Gasteiger partial charge is 0.326 e. The molecular weight excluding hydrogens is 256 g/mol. The van der Waals surface area contributed by atoms with Gasteiger partial charge >= 0.3 is 0 Å². The molecule has 0 atom stereocenters. The Morgan fingerprint density at radius 1 is 0.905 bits per heavy atom. The molecule has 0 heterocycles. The summed E-state index contributed by atoms with van der Waals surface area (Å²) in [4.78, 5) is 2.52. The van der Waals surface area contributed by atoms with Crippen LogP contribution in [0, 0.1) is 0 Å². The summed E-state index contributed by atoms with van der Waals surface area (Å²) >= 11 is 0. The van der Waals surface area contributed by atoms with Gasteiger partial charge in [0.15, 0.2) is 0 Å². The van der Waals surface area contributed by atoms with Gasteiger partial charge in [-0.2, -0.15) is 0 Å². The third-order valence-electron chi connectivity index (χ3n) is 3.97. The van der Waals surface area contributed by atoms with Crippen LogP contribution in [0.2, 0.25) is 0 Å². The molecule has 0 unspecified atom stereocenters. The first-order valence-corrected chi connectivity index (χ1v) is 7.75. The van der Waals surface area contributed by atoms with Crippen molar-refractivity contribution in [2.24, 2.45) is 5.73 Å². The maximum Gasteiger partial charge on any atom is 0.0236 e. The highest BCUT2D eigenvalue weighted by Gasteiger charge is 2.11. The molecule has 0 fully saturated rings. The molecule has 2 aromatic carbocycles. The molecule has 2 nitrogen and oxygen atoms in total. The first-order valence-electron chi connectivity index (χ1n) is 7.75. The lowest BCUT2D eigenvalue weighted by molar-refractivity contribution is 0.215. The van der Waals surface area contributed by atoms with E-state index in [1.54, 1.807) is 0 Å². The molecule has 0 saturated carbocycles. The van der Waals surface area contributed by atoms with Crippen LogP contribution in [0.4, 0.5) is 0 Å². The molecule has 0 bridgehead atoms. The van der Waals surface area contributed by atoms with Gasteiger partial charge in [-0.3, -0.25) is 4.90 Å². The van der Waals surface area contributed by atoms with Crippen LogP contribution in [0.3, 0.4) is 0 Å². The topological polar surface area (TPSA) is 29.3 Å². The molecule has 2 N–H and O–H groups in total. The molecule has 0 aliphatic carbocycles. The minimum absolute atomic E-state index is 0.537. The number of benzene rings is 2. The van der Waals surface area contributed by atoms with Gasteiger partial charge in [0, 0.05) is 25.7 Å². The standard InChI is InChI=1S/C19H26N2/c1-16(2)21(15-17-8-4-3-5-9-17)13-12-18-10-6-7-11-19(18)14-20/h3-11,16H,12-15,20H2,1-2H3. The van der Waals surface area contributed by atoms with Gasteiger partial charge in [-0.15, -0.1) is 0 Å². The number of hydrogen-bond acceptors (Lipinski definition) is 2. The van der Waals surface area contributed by atoms with Gasteiger partial charge in [-0.05, 0) is 37.0 Å². The number of nitrogens with zero attached hydrogens (tertiary/aromatic N) is 1. The summed E-state index contributed by atoms with van der Waals surface area (Å²) in [6.45, 7) is 7.21. The third kappa shape index (κ3) is 4.69. The van der Waals surface area contributed by atoms with Gasteiger partial charge in [-0.25, -0.2) is 0 Å². The molecule has 0 amide bonds. The van der Waals surface area contributed by atoms with Gasteiger partial charge in [0.05, 0.1) is 0 Å². The fraction of sp³-hybridized carbons (Fsp3) is 0.368. The molecule has 0 radical (unpaired) electrons. The second-order valence-corrected chi connectivity index (χ2v) is 5.77. The highest BCUT2D eigenvalue weighted by atomic mass is 15.1. The number of nitrogens with two attached hydrogens (primary N) is 1. The SMILES string of the molecule is CC(C)N(CCc1ccccc1CN)Cc1ccccc1. The van der Waals surface area contributed by atoms with E-state index in [9.17, 15) is 0 Å². The lowest BCUT2D eigenvalue weighted by Gasteiger charge is -2.27. The van der Waals surface area contributed by atoms with E-state index >= 15 is 0 Å². The lowest BCUT2D eigenvalue weighted by Crippen LogP contribution is -2.32. The van der Waals surface area contributed by atoms with Crippen LogP contribution in [0.25, 0.3) is 0 Å². The molecule has 0 spiro atoms. The van der Waals surface area contributed by atoms with Crippen LogP contribution < -0.4 is 5.73 Å². The van der Waals surface area contributed by atoms with Crippen LogP contribution >= 0.6 is 0 Å². The van der Waals surface area contributed by atoms with E-state index in [1.165, 1.54) is 16.7 Å². The monoisotopic (exact) mass is 282 g/mol. The quantitative estimate of drug-likeness (QED) is 0.840. The van der Waals surface area contributed by atoms with E-state index < -0.39 is 0 Å². The van der Waals surface area contributed by atoms with Gasteiger partial charge in [0.2, 0.25) is 0 Å². The zero-order chi connectivity index (χ0) is 15.1. The maximum atomic E-state index is 5.83. The van der Waals surface area contributed by atoms with Crippen molar-refractivity contribution in [3.8, 4) is 0 Å². The predicted octanol–water partition coefficient (Wildman–Crippen LogP) is 3.60. The Kier molecular flexibility index (Phi) is 5.97. The van der Waals surface area contributed by atoms with Crippen LogP contribution in [0.15, 0.2) is 54.6 Å². The fourth-order valence-electron chi connectivity index (χ4n) is 2.60. The summed E-state index contributed by atoms with van der Waals surface area (Å²) in [5.41, 5.74) is 9.84. The van der Waals surface area contributed by atoms with Crippen LogP contribution in [0.5, 0.6) is 0 Å². The Bertz CT molecular complexity index is 534. The van der Waals surface area contributed by atoms with E-state index in [0.717, 1.165) is 19.5 Å². The smallest absolute Gasteiger partial charge is 0.0236 e. The summed E-state index contributed by atoms with van der Waals surface area (Å²) in [6, 6.07) is 19.7. The average Bonchev–Trinajstić information content (AvgIpc) is 2.52. The van der Waals surface area contributed by atoms with Crippen molar-refractivity contribution in [1.82, 2.24) is 4.90 Å². The second kappa shape index (κ2) is 7.96. The third-order valence-corrected chi connectivity index (χ3v) is 3.97. The van der Waals surface area contributed by atoms with Crippen molar-refractivity contribution in [2.45, 2.75) is 39.4 Å². The fourth-order valence-corrected chi connectivity index (χ4v) is 2.60. The van der Waals surface area contributed by atoms with Gasteiger partial charge in [-0.1, -0.05) is 54.6 Å². The molecule has 0 aromatic heterocycles. The van der Waals surface area contributed by atoms with Crippen molar-refractivity contribution < 1.29 is 0 Å². The zero-order valence-electron chi connectivity index (χ0n) is 13.1. The number of hydrogen-bond donors (Lipinski definition) is 1. The van der Waals surface area contributed by atoms with Crippen molar-refractivity contribution in [1.29, 1.82) is 0 Å². The van der Waals surface area contributed by atoms with Gasteiger partial charge in [0.1, 0.15) is 0 Å². The highest BCUT2D eigenvalue weighted by molar-refractivity contribution is 5.27. The Balaban J connectivity index is 2.00. The van der Waals surface area contributed by atoms with Crippen LogP contribution in [0.1, 0.15) is 30.5 Å². The molecule has 0 aliphatic heterocycles. The molecule has 0 saturated heterocycles. The Hall–Kier alpha value is -1.64. The minimum atomic E-state index is 0.537. The molecular formula is C19H26N2. The molecule has 112 valence electrons. The van der Waals surface area contributed by atoms with Crippen molar-refractivity contribution in [2.75, 3.05) is 6.54 Å². The Morgan fingerprint density at radius 2 is 1.52 bits per heavy atom. The summed E-state index contributed by atoms with van der Waals surface area (Å²) in [5.74, 6) is 0. The van der Waals surface area contributed by atoms with E-state index in [4.69, 9.17) is 5.73 Å². The average molecular weight is 282 g/mol. The van der Waals surface area contributed by atoms with Crippen molar-refractivity contribution >= 4 is 0 Å². The molecule has 0 aliphatic rings. The van der Waals surface area contributed by atoms with Crippen molar-refractivity contribution in [3.63, 3.8) is 0 Å². The van der Waals surface area contributed by atoms with Gasteiger partial charge in [0.25, 0.3) is 0 Å². The highest BCUT2D eigenvalue weighted by Crippen LogP contribution is 2.13. The first-order chi connectivity index (χ1) is 10.2. The molecule has 2 heteroatoms. The summed E-state index contributed by atoms with van der Waals surface area (Å²) < 4.78 is 0. The summed E-state index contributed by atoms with van der Waals surface area (Å²) in [7, 11) is 0. The van der Waals surface area contributed by atoms with E-state index in [-0.39, 0.29) is 0 Å². The summed E-state index contributed by atoms with van der Waals surface area (Å²) in [6.07, 6.45) is 1.05. The first kappa shape index (κ1) is 15.7. The summed E-state index contributed by atoms with van der Waals surface area (Å²) in [5, 5.41) is 0. The molecule has 21 heavy (non-hydrogen) atoms. The van der Waals surface area contributed by atoms with Crippen LogP contribution in [-0.2, 0) is 19.5 Å².